The number of anilines is 1. The summed E-state index contributed by atoms with van der Waals surface area (Å²) in [6.07, 6.45) is 12.5. The Morgan fingerprint density at radius 3 is 2.81 bits per heavy atom. The summed E-state index contributed by atoms with van der Waals surface area (Å²) in [6, 6.07) is 10.6. The van der Waals surface area contributed by atoms with Crippen molar-refractivity contribution in [1.82, 2.24) is 24.8 Å². The highest BCUT2D eigenvalue weighted by Crippen LogP contribution is 2.34. The number of aromatic nitrogens is 4. The SMILES string of the molecule is Cc1nc(C2CCCCN2Cc2cccnc2)nc2c1CCCN2CCc1ccccn1. The van der Waals surface area contributed by atoms with Crippen molar-refractivity contribution < 1.29 is 0 Å². The molecule has 0 bridgehead atoms. The van der Waals surface area contributed by atoms with Gasteiger partial charge in [0.1, 0.15) is 11.6 Å². The van der Waals surface area contributed by atoms with E-state index in [9.17, 15) is 0 Å². The average Bonchev–Trinajstić information content (AvgIpc) is 2.84. The zero-order valence-electron chi connectivity index (χ0n) is 19.0. The lowest BCUT2D eigenvalue weighted by molar-refractivity contribution is 0.133. The predicted molar refractivity (Wildman–Crippen MR) is 126 cm³/mol. The maximum atomic E-state index is 5.22. The number of nitrogens with zero attached hydrogens (tertiary/aromatic N) is 6. The molecular formula is C26H32N6. The number of fused-ring (bicyclic) bond motifs is 1. The molecule has 0 spiro atoms. The summed E-state index contributed by atoms with van der Waals surface area (Å²) in [6.45, 7) is 6.16. The van der Waals surface area contributed by atoms with Crippen LogP contribution in [0.1, 0.15) is 60.1 Å². The molecular weight excluding hydrogens is 396 g/mol. The highest BCUT2D eigenvalue weighted by atomic mass is 15.2. The molecule has 1 saturated heterocycles. The van der Waals surface area contributed by atoms with Crippen LogP contribution in [0.2, 0.25) is 0 Å². The molecule has 5 rings (SSSR count). The van der Waals surface area contributed by atoms with Crippen molar-refractivity contribution in [3.8, 4) is 0 Å². The molecule has 1 unspecified atom stereocenters. The molecule has 2 aliphatic rings. The van der Waals surface area contributed by atoms with Gasteiger partial charge in [0.25, 0.3) is 0 Å². The fourth-order valence-corrected chi connectivity index (χ4v) is 5.07. The third kappa shape index (κ3) is 4.65. The van der Waals surface area contributed by atoms with Crippen LogP contribution in [0.25, 0.3) is 0 Å². The maximum Gasteiger partial charge on any atom is 0.148 e. The zero-order valence-corrected chi connectivity index (χ0v) is 19.0. The second-order valence-electron chi connectivity index (χ2n) is 8.97. The fourth-order valence-electron chi connectivity index (χ4n) is 5.07. The Morgan fingerprint density at radius 2 is 1.97 bits per heavy atom. The molecule has 5 heterocycles. The van der Waals surface area contributed by atoms with Crippen molar-refractivity contribution in [2.45, 2.75) is 58.0 Å². The van der Waals surface area contributed by atoms with E-state index in [4.69, 9.17) is 9.97 Å². The Kier molecular flexibility index (Phi) is 6.39. The van der Waals surface area contributed by atoms with Crippen LogP contribution >= 0.6 is 0 Å². The first-order valence-electron chi connectivity index (χ1n) is 11.9. The highest BCUT2D eigenvalue weighted by Gasteiger charge is 2.29. The first-order valence-corrected chi connectivity index (χ1v) is 11.9. The van der Waals surface area contributed by atoms with Gasteiger partial charge in [0.05, 0.1) is 6.04 Å². The summed E-state index contributed by atoms with van der Waals surface area (Å²) < 4.78 is 0. The second-order valence-corrected chi connectivity index (χ2v) is 8.97. The van der Waals surface area contributed by atoms with Crippen molar-refractivity contribution in [1.29, 1.82) is 0 Å². The van der Waals surface area contributed by atoms with E-state index in [1.807, 2.05) is 30.7 Å². The summed E-state index contributed by atoms with van der Waals surface area (Å²) in [4.78, 5) is 24.1. The molecule has 3 aromatic heterocycles. The number of aryl methyl sites for hydroxylation is 1. The van der Waals surface area contributed by atoms with Crippen molar-refractivity contribution >= 4 is 5.82 Å². The van der Waals surface area contributed by atoms with Gasteiger partial charge < -0.3 is 4.90 Å². The minimum Gasteiger partial charge on any atom is -0.356 e. The normalized spacial score (nSPS) is 19.0. The Balaban J connectivity index is 1.40. The van der Waals surface area contributed by atoms with Gasteiger partial charge in [-0.2, -0.15) is 0 Å². The minimum absolute atomic E-state index is 0.271. The Labute approximate surface area is 190 Å². The molecule has 0 saturated carbocycles. The third-order valence-electron chi connectivity index (χ3n) is 6.75. The molecule has 1 atom stereocenters. The molecule has 6 heteroatoms. The molecule has 0 aromatic carbocycles. The Hall–Kier alpha value is -2.86. The molecule has 2 aliphatic heterocycles. The van der Waals surface area contributed by atoms with Crippen LogP contribution in [-0.2, 0) is 19.4 Å². The van der Waals surface area contributed by atoms with Gasteiger partial charge >= 0.3 is 0 Å². The number of hydrogen-bond donors (Lipinski definition) is 0. The van der Waals surface area contributed by atoms with Gasteiger partial charge in [-0.25, -0.2) is 9.97 Å². The maximum absolute atomic E-state index is 5.22. The van der Waals surface area contributed by atoms with E-state index in [0.717, 1.165) is 74.9 Å². The van der Waals surface area contributed by atoms with Crippen molar-refractivity contribution in [3.63, 3.8) is 0 Å². The highest BCUT2D eigenvalue weighted by molar-refractivity contribution is 5.51. The Bertz CT molecular complexity index is 1020. The molecule has 0 aliphatic carbocycles. The fraction of sp³-hybridized carbons (Fsp3) is 0.462. The van der Waals surface area contributed by atoms with E-state index in [1.165, 1.54) is 24.0 Å². The van der Waals surface area contributed by atoms with Crippen LogP contribution in [-0.4, -0.2) is 44.5 Å². The summed E-state index contributed by atoms with van der Waals surface area (Å²) in [7, 11) is 0. The lowest BCUT2D eigenvalue weighted by Crippen LogP contribution is -2.36. The Morgan fingerprint density at radius 1 is 1.00 bits per heavy atom. The van der Waals surface area contributed by atoms with E-state index in [2.05, 4.69) is 44.9 Å². The molecule has 1 fully saturated rings. The number of likely N-dealkylation sites (tertiary alicyclic amines) is 1. The number of hydrogen-bond acceptors (Lipinski definition) is 6. The average molecular weight is 429 g/mol. The molecule has 166 valence electrons. The van der Waals surface area contributed by atoms with Crippen molar-refractivity contribution in [3.05, 3.63) is 77.3 Å². The van der Waals surface area contributed by atoms with Gasteiger partial charge in [0.15, 0.2) is 0 Å². The number of rotatable bonds is 6. The first kappa shape index (κ1) is 21.0. The van der Waals surface area contributed by atoms with Gasteiger partial charge in [-0.15, -0.1) is 0 Å². The third-order valence-corrected chi connectivity index (χ3v) is 6.75. The van der Waals surface area contributed by atoms with Crippen molar-refractivity contribution in [2.75, 3.05) is 24.5 Å². The van der Waals surface area contributed by atoms with Crippen LogP contribution < -0.4 is 4.90 Å². The molecule has 0 radical (unpaired) electrons. The topological polar surface area (TPSA) is 58.0 Å². The molecule has 32 heavy (non-hydrogen) atoms. The van der Waals surface area contributed by atoms with Gasteiger partial charge in [0, 0.05) is 61.6 Å². The minimum atomic E-state index is 0.271. The molecule has 6 nitrogen and oxygen atoms in total. The summed E-state index contributed by atoms with van der Waals surface area (Å²) >= 11 is 0. The van der Waals surface area contributed by atoms with Crippen LogP contribution in [0, 0.1) is 6.92 Å². The van der Waals surface area contributed by atoms with Crippen LogP contribution in [0.3, 0.4) is 0 Å². The summed E-state index contributed by atoms with van der Waals surface area (Å²) in [5, 5.41) is 0. The van der Waals surface area contributed by atoms with Crippen molar-refractivity contribution in [2.24, 2.45) is 0 Å². The second kappa shape index (κ2) is 9.74. The summed E-state index contributed by atoms with van der Waals surface area (Å²) in [5.41, 5.74) is 4.88. The molecule has 0 N–H and O–H groups in total. The van der Waals surface area contributed by atoms with E-state index in [1.54, 1.807) is 0 Å². The van der Waals surface area contributed by atoms with Crippen LogP contribution in [0.4, 0.5) is 5.82 Å². The largest absolute Gasteiger partial charge is 0.356 e. The standard InChI is InChI=1S/C26H32N6/c1-20-23-10-7-16-31(17-12-22-9-2-4-14-28-22)26(23)30-25(29-20)24-11-3-5-15-32(24)19-21-8-6-13-27-18-21/h2,4,6,8-9,13-14,18,24H,3,5,7,10-12,15-17,19H2,1H3. The van der Waals surface area contributed by atoms with Gasteiger partial charge in [0.2, 0.25) is 0 Å². The zero-order chi connectivity index (χ0) is 21.8. The van der Waals surface area contributed by atoms with E-state index in [0.29, 0.717) is 0 Å². The van der Waals surface area contributed by atoms with Gasteiger partial charge in [-0.05, 0) is 62.9 Å². The van der Waals surface area contributed by atoms with Crippen LogP contribution in [0.5, 0.6) is 0 Å². The number of piperidine rings is 1. The lowest BCUT2D eigenvalue weighted by atomic mass is 9.99. The lowest BCUT2D eigenvalue weighted by Gasteiger charge is -2.36. The monoisotopic (exact) mass is 428 g/mol. The first-order chi connectivity index (χ1) is 15.8. The molecule has 3 aromatic rings. The van der Waals surface area contributed by atoms with E-state index < -0.39 is 0 Å². The van der Waals surface area contributed by atoms with Gasteiger partial charge in [-0.1, -0.05) is 18.6 Å². The number of pyridine rings is 2. The van der Waals surface area contributed by atoms with Crippen LogP contribution in [0.15, 0.2) is 48.9 Å². The molecule has 0 amide bonds. The van der Waals surface area contributed by atoms with Gasteiger partial charge in [-0.3, -0.25) is 14.9 Å². The summed E-state index contributed by atoms with van der Waals surface area (Å²) in [5.74, 6) is 2.15. The van der Waals surface area contributed by atoms with E-state index in [-0.39, 0.29) is 6.04 Å². The van der Waals surface area contributed by atoms with E-state index >= 15 is 0 Å². The quantitative estimate of drug-likeness (QED) is 0.584. The predicted octanol–water partition coefficient (Wildman–Crippen LogP) is 4.30. The smallest absolute Gasteiger partial charge is 0.148 e.